The van der Waals surface area contributed by atoms with Gasteiger partial charge < -0.3 is 4.52 Å². The van der Waals surface area contributed by atoms with E-state index in [9.17, 15) is 4.39 Å². The summed E-state index contributed by atoms with van der Waals surface area (Å²) in [4.78, 5) is 3.95. The Labute approximate surface area is 94.8 Å². The van der Waals surface area contributed by atoms with E-state index in [1.807, 2.05) is 0 Å². The number of alkyl halides is 1. The molecule has 0 aliphatic heterocycles. The Hall–Kier alpha value is -1.13. The minimum atomic E-state index is -0.522. The van der Waals surface area contributed by atoms with Crippen LogP contribution in [0.1, 0.15) is 5.89 Å². The highest BCUT2D eigenvalue weighted by Crippen LogP contribution is 2.22. The Bertz CT molecular complexity index is 487. The lowest BCUT2D eigenvalue weighted by Crippen LogP contribution is -1.84. The molecule has 0 aliphatic carbocycles. The van der Waals surface area contributed by atoms with E-state index < -0.39 is 5.82 Å². The van der Waals surface area contributed by atoms with E-state index in [0.29, 0.717) is 17.3 Å². The van der Waals surface area contributed by atoms with Gasteiger partial charge in [-0.3, -0.25) is 0 Å². The summed E-state index contributed by atoms with van der Waals surface area (Å²) < 4.78 is 17.9. The summed E-state index contributed by atoms with van der Waals surface area (Å²) in [6, 6.07) is 4.28. The molecule has 0 saturated heterocycles. The maximum absolute atomic E-state index is 13.1. The lowest BCUT2D eigenvalue weighted by atomic mass is 10.2. The molecule has 0 fully saturated rings. The molecule has 2 aromatic rings. The Morgan fingerprint density at radius 2 is 2.20 bits per heavy atom. The molecule has 1 aromatic heterocycles. The van der Waals surface area contributed by atoms with Gasteiger partial charge in [-0.1, -0.05) is 16.8 Å². The number of benzene rings is 1. The molecule has 0 unspecified atom stereocenters. The van der Waals surface area contributed by atoms with E-state index in [1.54, 1.807) is 6.07 Å². The molecule has 0 atom stereocenters. The predicted octanol–water partition coefficient (Wildman–Crippen LogP) is 3.27. The maximum Gasteiger partial charge on any atom is 0.241 e. The fraction of sp³-hybridized carbons (Fsp3) is 0.111. The Kier molecular flexibility index (Phi) is 2.88. The summed E-state index contributed by atoms with van der Waals surface area (Å²) in [5, 5.41) is 3.70. The fourth-order valence-electron chi connectivity index (χ4n) is 1.06. The van der Waals surface area contributed by atoms with Crippen molar-refractivity contribution in [3.8, 4) is 11.4 Å². The van der Waals surface area contributed by atoms with Crippen LogP contribution < -0.4 is 0 Å². The molecule has 0 N–H and O–H groups in total. The SMILES string of the molecule is Fc1cc(-c2noc(CCl)n2)ccc1Cl. The highest BCUT2D eigenvalue weighted by Gasteiger charge is 2.09. The van der Waals surface area contributed by atoms with Crippen LogP contribution in [0.5, 0.6) is 0 Å². The van der Waals surface area contributed by atoms with Gasteiger partial charge in [0.25, 0.3) is 0 Å². The lowest BCUT2D eigenvalue weighted by Gasteiger charge is -1.96. The summed E-state index contributed by atoms with van der Waals surface area (Å²) in [5.74, 6) is 0.193. The molecular weight excluding hydrogens is 242 g/mol. The number of rotatable bonds is 2. The lowest BCUT2D eigenvalue weighted by molar-refractivity contribution is 0.391. The van der Waals surface area contributed by atoms with Crippen molar-refractivity contribution in [1.29, 1.82) is 0 Å². The number of hydrogen-bond acceptors (Lipinski definition) is 3. The van der Waals surface area contributed by atoms with E-state index in [0.717, 1.165) is 0 Å². The standard InChI is InChI=1S/C9H5Cl2FN2O/c10-4-8-13-9(14-15-8)5-1-2-6(11)7(12)3-5/h1-3H,4H2. The van der Waals surface area contributed by atoms with Crippen molar-refractivity contribution < 1.29 is 8.91 Å². The van der Waals surface area contributed by atoms with Crippen molar-refractivity contribution in [2.45, 2.75) is 5.88 Å². The summed E-state index contributed by atoms with van der Waals surface area (Å²) in [7, 11) is 0. The molecule has 0 aliphatic rings. The van der Waals surface area contributed by atoms with Crippen LogP contribution in [0.15, 0.2) is 22.7 Å². The van der Waals surface area contributed by atoms with Gasteiger partial charge in [0.05, 0.1) is 5.02 Å². The van der Waals surface area contributed by atoms with Gasteiger partial charge in [0.1, 0.15) is 11.7 Å². The number of nitrogens with zero attached hydrogens (tertiary/aromatic N) is 2. The Morgan fingerprint density at radius 3 is 2.80 bits per heavy atom. The van der Waals surface area contributed by atoms with E-state index in [-0.39, 0.29) is 10.9 Å². The van der Waals surface area contributed by atoms with Gasteiger partial charge in [0.15, 0.2) is 0 Å². The molecule has 0 radical (unpaired) electrons. The first-order valence-electron chi connectivity index (χ1n) is 4.04. The second-order valence-corrected chi connectivity index (χ2v) is 3.45. The van der Waals surface area contributed by atoms with Gasteiger partial charge in [-0.2, -0.15) is 4.98 Å². The number of halogens is 3. The zero-order valence-corrected chi connectivity index (χ0v) is 8.89. The molecule has 6 heteroatoms. The van der Waals surface area contributed by atoms with Crippen LogP contribution in [0.3, 0.4) is 0 Å². The molecule has 1 heterocycles. The van der Waals surface area contributed by atoms with Gasteiger partial charge in [0, 0.05) is 5.56 Å². The largest absolute Gasteiger partial charge is 0.338 e. The van der Waals surface area contributed by atoms with E-state index in [2.05, 4.69) is 10.1 Å². The predicted molar refractivity (Wildman–Crippen MR) is 54.3 cm³/mol. The van der Waals surface area contributed by atoms with Gasteiger partial charge >= 0.3 is 0 Å². The van der Waals surface area contributed by atoms with Crippen molar-refractivity contribution in [3.63, 3.8) is 0 Å². The van der Waals surface area contributed by atoms with E-state index in [1.165, 1.54) is 12.1 Å². The summed E-state index contributed by atoms with van der Waals surface area (Å²) >= 11 is 11.0. The summed E-state index contributed by atoms with van der Waals surface area (Å²) in [6.45, 7) is 0. The minimum absolute atomic E-state index is 0.0554. The fourth-order valence-corrected chi connectivity index (χ4v) is 1.29. The first kappa shape index (κ1) is 10.4. The third-order valence-electron chi connectivity index (χ3n) is 1.76. The van der Waals surface area contributed by atoms with Crippen molar-refractivity contribution in [2.75, 3.05) is 0 Å². The van der Waals surface area contributed by atoms with Crippen LogP contribution in [-0.2, 0) is 5.88 Å². The van der Waals surface area contributed by atoms with Crippen LogP contribution >= 0.6 is 23.2 Å². The second-order valence-electron chi connectivity index (χ2n) is 2.77. The van der Waals surface area contributed by atoms with Crippen molar-refractivity contribution >= 4 is 23.2 Å². The molecule has 0 amide bonds. The maximum atomic E-state index is 13.1. The first-order chi connectivity index (χ1) is 7.20. The molecule has 0 saturated carbocycles. The van der Waals surface area contributed by atoms with Crippen molar-refractivity contribution in [2.24, 2.45) is 0 Å². The second kappa shape index (κ2) is 4.16. The Balaban J connectivity index is 2.40. The highest BCUT2D eigenvalue weighted by atomic mass is 35.5. The van der Waals surface area contributed by atoms with E-state index >= 15 is 0 Å². The molecular formula is C9H5Cl2FN2O. The summed E-state index contributed by atoms with van der Waals surface area (Å²) in [5.41, 5.74) is 0.497. The molecule has 0 bridgehead atoms. The van der Waals surface area contributed by atoms with Crippen LogP contribution in [0.25, 0.3) is 11.4 Å². The molecule has 78 valence electrons. The van der Waals surface area contributed by atoms with Crippen molar-refractivity contribution in [1.82, 2.24) is 10.1 Å². The third kappa shape index (κ3) is 2.11. The van der Waals surface area contributed by atoms with Crippen LogP contribution in [0, 0.1) is 5.82 Å². The summed E-state index contributed by atoms with van der Waals surface area (Å²) in [6.07, 6.45) is 0. The molecule has 3 nitrogen and oxygen atoms in total. The average molecular weight is 247 g/mol. The molecule has 1 aromatic carbocycles. The monoisotopic (exact) mass is 246 g/mol. The third-order valence-corrected chi connectivity index (χ3v) is 2.30. The first-order valence-corrected chi connectivity index (χ1v) is 4.96. The molecule has 0 spiro atoms. The minimum Gasteiger partial charge on any atom is -0.338 e. The average Bonchev–Trinajstić information content (AvgIpc) is 2.70. The normalized spacial score (nSPS) is 10.6. The van der Waals surface area contributed by atoms with Gasteiger partial charge in [0.2, 0.25) is 11.7 Å². The van der Waals surface area contributed by atoms with Crippen LogP contribution in [0.2, 0.25) is 5.02 Å². The van der Waals surface area contributed by atoms with Gasteiger partial charge in [-0.15, -0.1) is 11.6 Å². The zero-order valence-electron chi connectivity index (χ0n) is 7.38. The van der Waals surface area contributed by atoms with Gasteiger partial charge in [-0.05, 0) is 18.2 Å². The van der Waals surface area contributed by atoms with Crippen LogP contribution in [0.4, 0.5) is 4.39 Å². The molecule has 2 rings (SSSR count). The molecule has 15 heavy (non-hydrogen) atoms. The quantitative estimate of drug-likeness (QED) is 0.764. The van der Waals surface area contributed by atoms with Crippen molar-refractivity contribution in [3.05, 3.63) is 34.9 Å². The van der Waals surface area contributed by atoms with Gasteiger partial charge in [-0.25, -0.2) is 4.39 Å². The zero-order chi connectivity index (χ0) is 10.8. The van der Waals surface area contributed by atoms with Crippen LogP contribution in [-0.4, -0.2) is 10.1 Å². The smallest absolute Gasteiger partial charge is 0.241 e. The number of aromatic nitrogens is 2. The van der Waals surface area contributed by atoms with E-state index in [4.69, 9.17) is 27.7 Å². The number of hydrogen-bond donors (Lipinski definition) is 0. The Morgan fingerprint density at radius 1 is 1.40 bits per heavy atom. The highest BCUT2D eigenvalue weighted by molar-refractivity contribution is 6.30. The topological polar surface area (TPSA) is 38.9 Å².